The molecule has 0 unspecified atom stereocenters. The molecular weight excluding hydrogens is 729 g/mol. The predicted molar refractivity (Wildman–Crippen MR) is 251 cm³/mol. The highest BCUT2D eigenvalue weighted by atomic mass is 14.8. The number of nitrogens with one attached hydrogen (secondary N) is 2. The van der Waals surface area contributed by atoms with Crippen LogP contribution in [0.1, 0.15) is 22.8 Å². The lowest BCUT2D eigenvalue weighted by Gasteiger charge is -2.11. The van der Waals surface area contributed by atoms with Gasteiger partial charge in [0.2, 0.25) is 0 Å². The second-order valence-electron chi connectivity index (χ2n) is 15.0. The lowest BCUT2D eigenvalue weighted by Crippen LogP contribution is -1.90. The van der Waals surface area contributed by atoms with E-state index in [0.717, 1.165) is 112 Å². The third-order valence-electron chi connectivity index (χ3n) is 11.4. The molecule has 0 aliphatic carbocycles. The van der Waals surface area contributed by atoms with E-state index in [1.54, 1.807) is 0 Å². The van der Waals surface area contributed by atoms with Gasteiger partial charge in [-0.05, 0) is 69.8 Å². The number of rotatable bonds is 6. The smallest absolute Gasteiger partial charge is 0.0737 e. The van der Waals surface area contributed by atoms with Gasteiger partial charge in [0.05, 0.1) is 33.8 Å². The largest absolute Gasteiger partial charge is 0.354 e. The Morgan fingerprint density at radius 3 is 0.783 bits per heavy atom. The van der Waals surface area contributed by atoms with E-state index >= 15 is 0 Å². The van der Waals surface area contributed by atoms with Gasteiger partial charge < -0.3 is 9.97 Å². The highest BCUT2D eigenvalue weighted by Crippen LogP contribution is 2.47. The Labute approximate surface area is 348 Å². The highest BCUT2D eigenvalue weighted by molar-refractivity contribution is 6.13. The van der Waals surface area contributed by atoms with Crippen molar-refractivity contribution in [3.8, 4) is 66.8 Å². The van der Waals surface area contributed by atoms with E-state index in [1.807, 2.05) is 0 Å². The lowest BCUT2D eigenvalue weighted by molar-refractivity contribution is 1.31. The molecule has 4 nitrogen and oxygen atoms in total. The maximum Gasteiger partial charge on any atom is 0.0737 e. The normalized spacial score (nSPS) is 11.9. The van der Waals surface area contributed by atoms with Gasteiger partial charge in [-0.3, -0.25) is 0 Å². The molecule has 6 aromatic carbocycles. The molecule has 4 heteroatoms. The molecule has 5 heterocycles. The van der Waals surface area contributed by atoms with Crippen LogP contribution < -0.4 is 0 Å². The van der Waals surface area contributed by atoms with Crippen molar-refractivity contribution < 1.29 is 0 Å². The van der Waals surface area contributed by atoms with E-state index in [0.29, 0.717) is 0 Å². The van der Waals surface area contributed by atoms with Gasteiger partial charge in [0.15, 0.2) is 0 Å². The zero-order valence-corrected chi connectivity index (χ0v) is 32.7. The summed E-state index contributed by atoms with van der Waals surface area (Å²) < 4.78 is 0. The molecule has 60 heavy (non-hydrogen) atoms. The molecule has 282 valence electrons. The second-order valence-corrected chi connectivity index (χ2v) is 15.0. The van der Waals surface area contributed by atoms with Crippen molar-refractivity contribution in [1.29, 1.82) is 0 Å². The Balaban J connectivity index is 1.43. The molecule has 0 saturated carbocycles. The SMILES string of the molecule is C1=Cc2nc1c(-c1ccccc1)c1ccc([nH]1)c(-c1ccccc1)c1nc(c(-c3ccccc3)c3[nH]c(c2-c2ccccc2)c(-c2ccccc2)c3-c2ccccc2)C=C1. The number of hydrogen-bond donors (Lipinski definition) is 2. The number of benzene rings is 6. The van der Waals surface area contributed by atoms with Crippen LogP contribution in [0.15, 0.2) is 194 Å². The van der Waals surface area contributed by atoms with E-state index in [1.165, 1.54) is 0 Å². The Bertz CT molecular complexity index is 3040. The number of hydrogen-bond acceptors (Lipinski definition) is 2. The first-order valence-electron chi connectivity index (χ1n) is 20.3. The molecule has 2 N–H and O–H groups in total. The summed E-state index contributed by atoms with van der Waals surface area (Å²) in [4.78, 5) is 19.2. The Morgan fingerprint density at radius 2 is 0.483 bits per heavy atom. The van der Waals surface area contributed by atoms with Gasteiger partial charge >= 0.3 is 0 Å². The molecule has 9 aromatic rings. The minimum absolute atomic E-state index is 0.875. The van der Waals surface area contributed by atoms with E-state index < -0.39 is 0 Å². The van der Waals surface area contributed by atoms with Crippen LogP contribution in [0, 0.1) is 0 Å². The van der Waals surface area contributed by atoms with Gasteiger partial charge in [0.25, 0.3) is 0 Å². The van der Waals surface area contributed by atoms with Crippen molar-refractivity contribution in [2.45, 2.75) is 0 Å². The minimum atomic E-state index is 0.875. The summed E-state index contributed by atoms with van der Waals surface area (Å²) in [6.45, 7) is 0. The Hall–Kier alpha value is -8.08. The zero-order valence-electron chi connectivity index (χ0n) is 32.7. The molecule has 0 atom stereocenters. The van der Waals surface area contributed by atoms with Gasteiger partial charge in [0, 0.05) is 44.4 Å². The van der Waals surface area contributed by atoms with E-state index in [-0.39, 0.29) is 0 Å². The van der Waals surface area contributed by atoms with Gasteiger partial charge in [-0.25, -0.2) is 9.97 Å². The fourth-order valence-corrected chi connectivity index (χ4v) is 8.77. The van der Waals surface area contributed by atoms with E-state index in [4.69, 9.17) is 9.97 Å². The summed E-state index contributed by atoms with van der Waals surface area (Å²) >= 11 is 0. The lowest BCUT2D eigenvalue weighted by atomic mass is 9.91. The molecule has 0 amide bonds. The maximum atomic E-state index is 5.59. The second kappa shape index (κ2) is 15.0. The van der Waals surface area contributed by atoms with Crippen molar-refractivity contribution in [2.24, 2.45) is 0 Å². The molecule has 0 saturated heterocycles. The average molecular weight is 767 g/mol. The van der Waals surface area contributed by atoms with Crippen LogP contribution in [-0.4, -0.2) is 19.9 Å². The van der Waals surface area contributed by atoms with Crippen molar-refractivity contribution in [3.05, 3.63) is 217 Å². The van der Waals surface area contributed by atoms with Gasteiger partial charge in [0.1, 0.15) is 0 Å². The highest BCUT2D eigenvalue weighted by Gasteiger charge is 2.25. The number of aromatic nitrogens is 4. The monoisotopic (exact) mass is 766 g/mol. The molecule has 11 rings (SSSR count). The molecule has 0 fully saturated rings. The fourth-order valence-electron chi connectivity index (χ4n) is 8.77. The quantitative estimate of drug-likeness (QED) is 0.177. The van der Waals surface area contributed by atoms with E-state index in [9.17, 15) is 0 Å². The topological polar surface area (TPSA) is 57.4 Å². The summed E-state index contributed by atoms with van der Waals surface area (Å²) in [5, 5.41) is 0. The van der Waals surface area contributed by atoms with Crippen molar-refractivity contribution in [1.82, 2.24) is 19.9 Å². The molecule has 0 spiro atoms. The molecule has 3 aromatic heterocycles. The first-order chi connectivity index (χ1) is 29.8. The fraction of sp³-hybridized carbons (Fsp3) is 0. The third kappa shape index (κ3) is 6.19. The van der Waals surface area contributed by atoms with Crippen LogP contribution in [0.5, 0.6) is 0 Å². The molecular formula is C56H38N4. The van der Waals surface area contributed by atoms with Gasteiger partial charge in [-0.15, -0.1) is 0 Å². The average Bonchev–Trinajstić information content (AvgIpc) is 4.15. The Kier molecular flexibility index (Phi) is 8.79. The predicted octanol–water partition coefficient (Wildman–Crippen LogP) is 14.7. The minimum Gasteiger partial charge on any atom is -0.354 e. The van der Waals surface area contributed by atoms with Crippen LogP contribution in [-0.2, 0) is 0 Å². The van der Waals surface area contributed by atoms with Crippen molar-refractivity contribution in [2.75, 3.05) is 0 Å². The number of aromatic amines is 2. The summed E-state index contributed by atoms with van der Waals surface area (Å²) in [7, 11) is 0. The van der Waals surface area contributed by atoms with Gasteiger partial charge in [-0.2, -0.15) is 0 Å². The van der Waals surface area contributed by atoms with Crippen LogP contribution >= 0.6 is 0 Å². The first-order valence-corrected chi connectivity index (χ1v) is 20.3. The van der Waals surface area contributed by atoms with Crippen LogP contribution in [0.4, 0.5) is 0 Å². The zero-order chi connectivity index (χ0) is 39.8. The molecule has 2 aliphatic rings. The first kappa shape index (κ1) is 35.1. The summed E-state index contributed by atoms with van der Waals surface area (Å²) in [6, 6.07) is 68.3. The number of fused-ring (bicyclic) bond motifs is 8. The van der Waals surface area contributed by atoms with Crippen LogP contribution in [0.2, 0.25) is 0 Å². The number of H-pyrrole nitrogens is 2. The van der Waals surface area contributed by atoms with Crippen molar-refractivity contribution >= 4 is 46.4 Å². The van der Waals surface area contributed by atoms with Crippen LogP contribution in [0.25, 0.3) is 113 Å². The van der Waals surface area contributed by atoms with Crippen molar-refractivity contribution in [3.63, 3.8) is 0 Å². The summed E-state index contributed by atoms with van der Waals surface area (Å²) in [5.74, 6) is 0. The van der Waals surface area contributed by atoms with Gasteiger partial charge in [-0.1, -0.05) is 182 Å². The summed E-state index contributed by atoms with van der Waals surface area (Å²) in [6.07, 6.45) is 8.68. The van der Waals surface area contributed by atoms with Crippen LogP contribution in [0.3, 0.4) is 0 Å². The standard InChI is InChI=1S/C56H38N4/c1-7-19-37(20-8-1)49-43-31-32-44(57-43)50(38-21-9-2-10-22-38)46-34-36-48(59-46)52(40-25-13-4-14-26-40)56-54(42-29-17-6-18-30-42)53(41-27-15-5-16-28-41)55(60-56)51(39-23-11-3-12-24-39)47-35-33-45(49)58-47/h1-36,57,60H. The molecule has 2 aliphatic heterocycles. The maximum absolute atomic E-state index is 5.59. The molecule has 8 bridgehead atoms. The number of nitrogens with zero attached hydrogens (tertiary/aromatic N) is 2. The summed E-state index contributed by atoms with van der Waals surface area (Å²) in [5.41, 5.74) is 20.2. The van der Waals surface area contributed by atoms with E-state index in [2.05, 4.69) is 228 Å². The third-order valence-corrected chi connectivity index (χ3v) is 11.4. The Morgan fingerprint density at radius 1 is 0.233 bits per heavy atom. The molecule has 0 radical (unpaired) electrons.